The Labute approximate surface area is 270 Å². The van der Waals surface area contributed by atoms with Crippen molar-refractivity contribution in [2.75, 3.05) is 0 Å². The van der Waals surface area contributed by atoms with Gasteiger partial charge in [-0.05, 0) is 12.1 Å². The first-order chi connectivity index (χ1) is 23.3. The Kier molecular flexibility index (Phi) is 6.35. The van der Waals surface area contributed by atoms with E-state index in [1.165, 1.54) is 0 Å². The predicted octanol–water partition coefficient (Wildman–Crippen LogP) is 9.56. The molecule has 0 N–H and O–H groups in total. The molecule has 0 unspecified atom stereocenters. The van der Waals surface area contributed by atoms with Crippen LogP contribution in [-0.2, 0) is 0 Å². The Balaban J connectivity index is 1.19. The van der Waals surface area contributed by atoms with Crippen LogP contribution in [0.15, 0.2) is 158 Å². The van der Waals surface area contributed by atoms with Crippen LogP contribution >= 0.6 is 0 Å². The first kappa shape index (κ1) is 26.8. The molecule has 0 amide bonds. The summed E-state index contributed by atoms with van der Waals surface area (Å²) >= 11 is 0. The van der Waals surface area contributed by atoms with Gasteiger partial charge in [0.15, 0.2) is 17.5 Å². The number of rotatable bonds is 5. The fraction of sp³-hybridized carbons (Fsp3) is 0. The average molecular weight is 603 g/mol. The number of fused-ring (bicyclic) bond motifs is 5. The van der Waals surface area contributed by atoms with Crippen molar-refractivity contribution in [2.24, 2.45) is 0 Å². The zero-order valence-electron chi connectivity index (χ0n) is 25.2. The van der Waals surface area contributed by atoms with Crippen LogP contribution in [0.1, 0.15) is 0 Å². The molecule has 9 aromatic rings. The van der Waals surface area contributed by atoms with Crippen LogP contribution in [0.3, 0.4) is 0 Å². The van der Waals surface area contributed by atoms with Crippen LogP contribution in [-0.4, -0.2) is 29.3 Å². The number of nitrogens with zero attached hydrogens (tertiary/aromatic N) is 6. The number of pyridine rings is 2. The maximum absolute atomic E-state index is 5.18. The molecule has 6 heteroatoms. The van der Waals surface area contributed by atoms with Gasteiger partial charge in [0.25, 0.3) is 0 Å². The van der Waals surface area contributed by atoms with Crippen LogP contribution < -0.4 is 0 Å². The minimum atomic E-state index is 0.619. The minimum Gasteiger partial charge on any atom is -0.306 e. The Morgan fingerprint density at radius 1 is 0.383 bits per heavy atom. The van der Waals surface area contributed by atoms with Crippen molar-refractivity contribution in [3.05, 3.63) is 158 Å². The summed E-state index contributed by atoms with van der Waals surface area (Å²) in [5, 5.41) is 3.20. The van der Waals surface area contributed by atoms with E-state index in [0.29, 0.717) is 17.5 Å². The molecule has 9 rings (SSSR count). The summed E-state index contributed by atoms with van der Waals surface area (Å²) in [7, 11) is 0. The van der Waals surface area contributed by atoms with Gasteiger partial charge in [-0.1, -0.05) is 133 Å². The zero-order chi connectivity index (χ0) is 31.2. The smallest absolute Gasteiger partial charge is 0.164 e. The Hall–Kier alpha value is -6.53. The highest BCUT2D eigenvalue weighted by atomic mass is 15.0. The van der Waals surface area contributed by atoms with Crippen molar-refractivity contribution >= 4 is 27.3 Å². The molecule has 220 valence electrons. The van der Waals surface area contributed by atoms with E-state index < -0.39 is 0 Å². The topological polar surface area (TPSA) is 68.9 Å². The molecule has 4 heterocycles. The Morgan fingerprint density at radius 3 is 1.51 bits per heavy atom. The minimum absolute atomic E-state index is 0.619. The first-order valence-electron chi connectivity index (χ1n) is 15.5. The number of benzene rings is 5. The lowest BCUT2D eigenvalue weighted by Crippen LogP contribution is -2.00. The fourth-order valence-electron chi connectivity index (χ4n) is 6.16. The van der Waals surface area contributed by atoms with Gasteiger partial charge in [-0.15, -0.1) is 0 Å². The summed E-state index contributed by atoms with van der Waals surface area (Å²) in [6.45, 7) is 0. The molecule has 0 spiro atoms. The fourth-order valence-corrected chi connectivity index (χ4v) is 6.16. The molecular formula is C41H26N6. The second-order valence-electron chi connectivity index (χ2n) is 11.4. The van der Waals surface area contributed by atoms with Crippen LogP contribution in [0.2, 0.25) is 0 Å². The van der Waals surface area contributed by atoms with Crippen molar-refractivity contribution < 1.29 is 0 Å². The van der Waals surface area contributed by atoms with Crippen LogP contribution in [0, 0.1) is 0 Å². The molecule has 0 atom stereocenters. The van der Waals surface area contributed by atoms with Crippen LogP contribution in [0.25, 0.3) is 84.0 Å². The van der Waals surface area contributed by atoms with Crippen molar-refractivity contribution in [3.8, 4) is 56.7 Å². The van der Waals surface area contributed by atoms with Gasteiger partial charge in [-0.25, -0.2) is 24.9 Å². The highest BCUT2D eigenvalue weighted by Gasteiger charge is 2.17. The highest BCUT2D eigenvalue weighted by Crippen LogP contribution is 2.36. The lowest BCUT2D eigenvalue weighted by molar-refractivity contribution is 1.07. The second kappa shape index (κ2) is 11.1. The Bertz CT molecular complexity index is 2490. The number of hydrogen-bond donors (Lipinski definition) is 0. The van der Waals surface area contributed by atoms with Gasteiger partial charge in [0, 0.05) is 56.4 Å². The summed E-state index contributed by atoms with van der Waals surface area (Å²) in [4.78, 5) is 24.9. The molecule has 47 heavy (non-hydrogen) atoms. The third kappa shape index (κ3) is 4.80. The third-order valence-electron chi connectivity index (χ3n) is 8.47. The lowest BCUT2D eigenvalue weighted by Gasteiger charge is -2.12. The van der Waals surface area contributed by atoms with Gasteiger partial charge >= 0.3 is 0 Å². The molecule has 4 aromatic heterocycles. The zero-order valence-corrected chi connectivity index (χ0v) is 25.2. The molecule has 0 radical (unpaired) electrons. The van der Waals surface area contributed by atoms with E-state index >= 15 is 0 Å². The highest BCUT2D eigenvalue weighted by molar-refractivity contribution is 6.16. The number of para-hydroxylation sites is 1. The molecule has 0 aliphatic rings. The predicted molar refractivity (Wildman–Crippen MR) is 189 cm³/mol. The van der Waals surface area contributed by atoms with Crippen molar-refractivity contribution in [3.63, 3.8) is 0 Å². The molecule has 0 saturated heterocycles. The van der Waals surface area contributed by atoms with Gasteiger partial charge < -0.3 is 4.40 Å². The quantitative estimate of drug-likeness (QED) is 0.184. The van der Waals surface area contributed by atoms with E-state index in [2.05, 4.69) is 77.5 Å². The standard InChI is InChI=1S/C41H26N6/c1-4-12-27(13-5-1)35-26-47-25-24-33-36(41(47)43-35)32-18-10-11-19-34(32)42-37(33)28-20-22-31(23-21-28)40-45-38(29-14-6-2-7-15-29)44-39(46-40)30-16-8-3-9-17-30/h1-26H. The Morgan fingerprint density at radius 2 is 0.894 bits per heavy atom. The van der Waals surface area contributed by atoms with Gasteiger partial charge in [-0.2, -0.15) is 0 Å². The largest absolute Gasteiger partial charge is 0.306 e. The molecule has 0 saturated carbocycles. The van der Waals surface area contributed by atoms with E-state index in [9.17, 15) is 0 Å². The number of hydrogen-bond acceptors (Lipinski definition) is 5. The summed E-state index contributed by atoms with van der Waals surface area (Å²) in [6.07, 6.45) is 4.17. The van der Waals surface area contributed by atoms with Crippen molar-refractivity contribution in [2.45, 2.75) is 0 Å². The molecular weight excluding hydrogens is 576 g/mol. The first-order valence-corrected chi connectivity index (χ1v) is 15.5. The normalized spacial score (nSPS) is 11.4. The molecule has 5 aromatic carbocycles. The number of aromatic nitrogens is 6. The van der Waals surface area contributed by atoms with E-state index in [1.54, 1.807) is 0 Å². The molecule has 0 fully saturated rings. The maximum atomic E-state index is 5.18. The van der Waals surface area contributed by atoms with E-state index in [4.69, 9.17) is 24.9 Å². The van der Waals surface area contributed by atoms with Crippen molar-refractivity contribution in [1.82, 2.24) is 29.3 Å². The number of imidazole rings is 1. The van der Waals surface area contributed by atoms with Gasteiger partial charge in [0.2, 0.25) is 0 Å². The third-order valence-corrected chi connectivity index (χ3v) is 8.47. The van der Waals surface area contributed by atoms with E-state index in [-0.39, 0.29) is 0 Å². The van der Waals surface area contributed by atoms with Gasteiger partial charge in [-0.3, -0.25) is 0 Å². The summed E-state index contributed by atoms with van der Waals surface area (Å²) in [5.74, 6) is 1.90. The van der Waals surface area contributed by atoms with E-state index in [1.807, 2.05) is 84.9 Å². The van der Waals surface area contributed by atoms with E-state index in [0.717, 1.165) is 66.5 Å². The monoisotopic (exact) mass is 602 g/mol. The molecule has 0 aliphatic carbocycles. The second-order valence-corrected chi connectivity index (χ2v) is 11.4. The molecule has 6 nitrogen and oxygen atoms in total. The van der Waals surface area contributed by atoms with Crippen LogP contribution in [0.4, 0.5) is 0 Å². The summed E-state index contributed by atoms with van der Waals surface area (Å²) in [6, 6.07) is 49.1. The van der Waals surface area contributed by atoms with Gasteiger partial charge in [0.1, 0.15) is 5.65 Å². The lowest BCUT2D eigenvalue weighted by atomic mass is 10.00. The summed E-state index contributed by atoms with van der Waals surface area (Å²) in [5.41, 5.74) is 8.55. The molecule has 0 bridgehead atoms. The van der Waals surface area contributed by atoms with Gasteiger partial charge in [0.05, 0.1) is 16.9 Å². The SMILES string of the molecule is c1ccc(-c2cn3ccc4c(-c5ccc(-c6nc(-c7ccccc7)nc(-c7ccccc7)n6)cc5)nc5ccccc5c4c3n2)cc1. The molecule has 0 aliphatic heterocycles. The van der Waals surface area contributed by atoms with Crippen molar-refractivity contribution in [1.29, 1.82) is 0 Å². The maximum Gasteiger partial charge on any atom is 0.164 e. The summed E-state index contributed by atoms with van der Waals surface area (Å²) < 4.78 is 2.11. The average Bonchev–Trinajstić information content (AvgIpc) is 3.60. The van der Waals surface area contributed by atoms with Crippen LogP contribution in [0.5, 0.6) is 0 Å².